The van der Waals surface area contributed by atoms with Gasteiger partial charge in [0.1, 0.15) is 0 Å². The molecule has 0 unspecified atom stereocenters. The summed E-state index contributed by atoms with van der Waals surface area (Å²) in [7, 11) is 0. The molecule has 1 aromatic heterocycles. The number of rotatable bonds is 4. The van der Waals surface area contributed by atoms with Gasteiger partial charge >= 0.3 is 0 Å². The summed E-state index contributed by atoms with van der Waals surface area (Å²) >= 11 is 0. The minimum atomic E-state index is 0.633. The van der Waals surface area contributed by atoms with Crippen LogP contribution < -0.4 is 0 Å². The number of hydrogen-bond donors (Lipinski definition) is 0. The van der Waals surface area contributed by atoms with E-state index in [0.717, 1.165) is 16.8 Å². The normalized spacial score (nSPS) is 17.4. The maximum atomic E-state index is 4.83. The molecular formula is C16H20N2. The van der Waals surface area contributed by atoms with Crippen molar-refractivity contribution in [1.29, 1.82) is 0 Å². The molecule has 1 aliphatic rings. The molecule has 1 aromatic rings. The van der Waals surface area contributed by atoms with Crippen molar-refractivity contribution >= 4 is 5.71 Å². The average Bonchev–Trinajstić information content (AvgIpc) is 3.20. The average molecular weight is 240 g/mol. The molecule has 18 heavy (non-hydrogen) atoms. The maximum absolute atomic E-state index is 4.83. The van der Waals surface area contributed by atoms with E-state index < -0.39 is 0 Å². The quantitative estimate of drug-likeness (QED) is 0.573. The third-order valence-electron chi connectivity index (χ3n) is 3.36. The summed E-state index contributed by atoms with van der Waals surface area (Å²) < 4.78 is 0. The van der Waals surface area contributed by atoms with Gasteiger partial charge in [0.15, 0.2) is 0 Å². The van der Waals surface area contributed by atoms with Crippen molar-refractivity contribution in [2.45, 2.75) is 33.6 Å². The first-order chi connectivity index (χ1) is 8.59. The third kappa shape index (κ3) is 2.95. The van der Waals surface area contributed by atoms with Gasteiger partial charge in [0.2, 0.25) is 0 Å². The Bertz CT molecular complexity index is 505. The molecular weight excluding hydrogens is 220 g/mol. The molecule has 1 heterocycles. The van der Waals surface area contributed by atoms with Crippen LogP contribution in [0, 0.1) is 5.92 Å². The Morgan fingerprint density at radius 3 is 2.56 bits per heavy atom. The lowest BCUT2D eigenvalue weighted by Crippen LogP contribution is -1.99. The highest BCUT2D eigenvalue weighted by atomic mass is 14.8. The minimum absolute atomic E-state index is 0.633. The van der Waals surface area contributed by atoms with E-state index in [9.17, 15) is 0 Å². The van der Waals surface area contributed by atoms with Gasteiger partial charge in [-0.2, -0.15) is 0 Å². The fourth-order valence-corrected chi connectivity index (χ4v) is 1.88. The highest BCUT2D eigenvalue weighted by molar-refractivity contribution is 5.99. The molecule has 2 nitrogen and oxygen atoms in total. The number of allylic oxidation sites excluding steroid dienone is 3. The van der Waals surface area contributed by atoms with Crippen LogP contribution in [-0.2, 0) is 0 Å². The zero-order chi connectivity index (χ0) is 13.1. The molecule has 1 aliphatic carbocycles. The Labute approximate surface area is 109 Å². The Balaban J connectivity index is 2.35. The van der Waals surface area contributed by atoms with Crippen molar-refractivity contribution in [3.63, 3.8) is 0 Å². The molecule has 2 heteroatoms. The standard InChI is InChI=1S/C16H20N2/c1-11(2)12(3)16(14-7-8-14)18-13(4)15-6-5-9-17-10-15/h5-6,9-10,14H,1,7-8H2,2-4H3/b16-12+,18-13?. The maximum Gasteiger partial charge on any atom is 0.0469 e. The summed E-state index contributed by atoms with van der Waals surface area (Å²) in [5.74, 6) is 0.633. The van der Waals surface area contributed by atoms with Crippen LogP contribution in [0.2, 0.25) is 0 Å². The van der Waals surface area contributed by atoms with Gasteiger partial charge in [-0.1, -0.05) is 18.2 Å². The fraction of sp³-hybridized carbons (Fsp3) is 0.375. The molecule has 1 saturated carbocycles. The molecule has 0 bridgehead atoms. The van der Waals surface area contributed by atoms with E-state index in [4.69, 9.17) is 4.99 Å². The van der Waals surface area contributed by atoms with Crippen molar-refractivity contribution in [3.05, 3.63) is 53.5 Å². The second-order valence-electron chi connectivity index (χ2n) is 5.00. The zero-order valence-electron chi connectivity index (χ0n) is 11.4. The highest BCUT2D eigenvalue weighted by Crippen LogP contribution is 2.40. The Hall–Kier alpha value is -1.70. The van der Waals surface area contributed by atoms with Crippen molar-refractivity contribution in [2.24, 2.45) is 10.9 Å². The monoisotopic (exact) mass is 240 g/mol. The largest absolute Gasteiger partial charge is 0.264 e. The van der Waals surface area contributed by atoms with Crippen LogP contribution in [0.25, 0.3) is 0 Å². The van der Waals surface area contributed by atoms with E-state index in [1.807, 2.05) is 32.2 Å². The molecule has 1 fully saturated rings. The molecule has 0 aliphatic heterocycles. The summed E-state index contributed by atoms with van der Waals surface area (Å²) in [6.45, 7) is 10.2. The number of pyridine rings is 1. The van der Waals surface area contributed by atoms with Crippen LogP contribution in [0.5, 0.6) is 0 Å². The van der Waals surface area contributed by atoms with E-state index >= 15 is 0 Å². The molecule has 0 amide bonds. The van der Waals surface area contributed by atoms with E-state index in [1.54, 1.807) is 6.20 Å². The highest BCUT2D eigenvalue weighted by Gasteiger charge is 2.27. The molecule has 0 spiro atoms. The Kier molecular flexibility index (Phi) is 3.75. The van der Waals surface area contributed by atoms with Crippen molar-refractivity contribution in [2.75, 3.05) is 0 Å². The minimum Gasteiger partial charge on any atom is -0.264 e. The summed E-state index contributed by atoms with van der Waals surface area (Å²) in [4.78, 5) is 8.96. The van der Waals surface area contributed by atoms with Crippen LogP contribution in [0.15, 0.2) is 52.9 Å². The smallest absolute Gasteiger partial charge is 0.0469 e. The molecule has 0 N–H and O–H groups in total. The lowest BCUT2D eigenvalue weighted by Gasteiger charge is -2.08. The van der Waals surface area contributed by atoms with Gasteiger partial charge in [-0.3, -0.25) is 9.98 Å². The van der Waals surface area contributed by atoms with E-state index in [0.29, 0.717) is 5.92 Å². The topological polar surface area (TPSA) is 25.2 Å². The van der Waals surface area contributed by atoms with Gasteiger partial charge in [0.05, 0.1) is 0 Å². The van der Waals surface area contributed by atoms with Crippen LogP contribution in [0.3, 0.4) is 0 Å². The fourth-order valence-electron chi connectivity index (χ4n) is 1.88. The van der Waals surface area contributed by atoms with Gasteiger partial charge in [0.25, 0.3) is 0 Å². The summed E-state index contributed by atoms with van der Waals surface area (Å²) in [6, 6.07) is 3.99. The first-order valence-electron chi connectivity index (χ1n) is 6.42. The number of hydrogen-bond acceptors (Lipinski definition) is 2. The van der Waals surface area contributed by atoms with E-state index in [-0.39, 0.29) is 0 Å². The van der Waals surface area contributed by atoms with Crippen molar-refractivity contribution in [1.82, 2.24) is 4.98 Å². The molecule has 0 atom stereocenters. The van der Waals surface area contributed by atoms with E-state index in [1.165, 1.54) is 24.1 Å². The molecule has 0 saturated heterocycles. The first kappa shape index (κ1) is 12.7. The van der Waals surface area contributed by atoms with Gasteiger partial charge in [-0.05, 0) is 45.3 Å². The van der Waals surface area contributed by atoms with Crippen molar-refractivity contribution in [3.8, 4) is 0 Å². The molecule has 94 valence electrons. The zero-order valence-corrected chi connectivity index (χ0v) is 11.4. The van der Waals surface area contributed by atoms with E-state index in [2.05, 4.69) is 18.5 Å². The third-order valence-corrected chi connectivity index (χ3v) is 3.36. The van der Waals surface area contributed by atoms with Crippen LogP contribution in [0.4, 0.5) is 0 Å². The van der Waals surface area contributed by atoms with Gasteiger partial charge in [-0.15, -0.1) is 0 Å². The number of nitrogens with zero attached hydrogens (tertiary/aromatic N) is 2. The second-order valence-corrected chi connectivity index (χ2v) is 5.00. The van der Waals surface area contributed by atoms with Crippen molar-refractivity contribution < 1.29 is 0 Å². The molecule has 2 rings (SSSR count). The summed E-state index contributed by atoms with van der Waals surface area (Å²) in [5.41, 5.74) is 5.68. The van der Waals surface area contributed by atoms with Gasteiger partial charge in [0, 0.05) is 35.3 Å². The molecule has 0 aromatic carbocycles. The number of aromatic nitrogens is 1. The first-order valence-corrected chi connectivity index (χ1v) is 6.42. The van der Waals surface area contributed by atoms with Crippen LogP contribution in [0.1, 0.15) is 39.2 Å². The van der Waals surface area contributed by atoms with Gasteiger partial charge in [-0.25, -0.2) is 0 Å². The Morgan fingerprint density at radius 1 is 1.33 bits per heavy atom. The van der Waals surface area contributed by atoms with Crippen LogP contribution >= 0.6 is 0 Å². The molecule has 0 radical (unpaired) electrons. The SMILES string of the molecule is C=C(C)/C(C)=C(/N=C(C)c1cccnc1)C1CC1. The lowest BCUT2D eigenvalue weighted by atomic mass is 10.1. The lowest BCUT2D eigenvalue weighted by molar-refractivity contribution is 0.949. The van der Waals surface area contributed by atoms with Crippen LogP contribution in [-0.4, -0.2) is 10.7 Å². The second kappa shape index (κ2) is 5.30. The number of aliphatic imine (C=N–C) groups is 1. The predicted octanol–water partition coefficient (Wildman–Crippen LogP) is 4.15. The summed E-state index contributed by atoms with van der Waals surface area (Å²) in [5, 5.41) is 0. The van der Waals surface area contributed by atoms with Gasteiger partial charge < -0.3 is 0 Å². The predicted molar refractivity (Wildman–Crippen MR) is 76.7 cm³/mol. The Morgan fingerprint density at radius 2 is 2.06 bits per heavy atom. The summed E-state index contributed by atoms with van der Waals surface area (Å²) in [6.07, 6.45) is 6.15.